The first kappa shape index (κ1) is 15.0. The molecule has 0 saturated carbocycles. The average molecular weight is 249 g/mol. The SMILES string of the molecule is CCCOc1cccc(CNC(C)(C)CCC)c1. The fraction of sp³-hybridized carbons (Fsp3) is 0.625. The summed E-state index contributed by atoms with van der Waals surface area (Å²) in [6.45, 7) is 10.6. The van der Waals surface area contributed by atoms with E-state index in [-0.39, 0.29) is 5.54 Å². The van der Waals surface area contributed by atoms with Crippen molar-refractivity contribution >= 4 is 0 Å². The molecule has 2 heteroatoms. The van der Waals surface area contributed by atoms with Gasteiger partial charge in [0.2, 0.25) is 0 Å². The lowest BCUT2D eigenvalue weighted by Crippen LogP contribution is -2.38. The van der Waals surface area contributed by atoms with Crippen LogP contribution in [-0.4, -0.2) is 12.1 Å². The van der Waals surface area contributed by atoms with Crippen LogP contribution < -0.4 is 10.1 Å². The molecule has 0 saturated heterocycles. The summed E-state index contributed by atoms with van der Waals surface area (Å²) in [6.07, 6.45) is 3.45. The molecule has 0 aliphatic heterocycles. The van der Waals surface area contributed by atoms with Crippen molar-refractivity contribution in [3.63, 3.8) is 0 Å². The minimum Gasteiger partial charge on any atom is -0.494 e. The summed E-state index contributed by atoms with van der Waals surface area (Å²) < 4.78 is 5.65. The highest BCUT2D eigenvalue weighted by Gasteiger charge is 2.14. The number of hydrogen-bond donors (Lipinski definition) is 1. The van der Waals surface area contributed by atoms with E-state index in [9.17, 15) is 0 Å². The molecule has 0 amide bonds. The molecule has 0 heterocycles. The normalized spacial score (nSPS) is 11.6. The summed E-state index contributed by atoms with van der Waals surface area (Å²) in [5.41, 5.74) is 1.49. The second-order valence-corrected chi connectivity index (χ2v) is 5.48. The zero-order valence-corrected chi connectivity index (χ0v) is 12.3. The van der Waals surface area contributed by atoms with E-state index in [2.05, 4.69) is 51.2 Å². The maximum Gasteiger partial charge on any atom is 0.119 e. The maximum absolute atomic E-state index is 5.65. The standard InChI is InChI=1S/C16H27NO/c1-5-10-16(3,4)17-13-14-8-7-9-15(12-14)18-11-6-2/h7-9,12,17H,5-6,10-11,13H2,1-4H3. The zero-order valence-electron chi connectivity index (χ0n) is 12.3. The summed E-state index contributed by atoms with van der Waals surface area (Å²) >= 11 is 0. The van der Waals surface area contributed by atoms with Gasteiger partial charge in [0.1, 0.15) is 5.75 Å². The number of hydrogen-bond acceptors (Lipinski definition) is 2. The number of ether oxygens (including phenoxy) is 1. The van der Waals surface area contributed by atoms with Crippen molar-refractivity contribution in [2.45, 2.75) is 59.0 Å². The molecule has 0 radical (unpaired) electrons. The van der Waals surface area contributed by atoms with E-state index < -0.39 is 0 Å². The maximum atomic E-state index is 5.65. The molecule has 102 valence electrons. The van der Waals surface area contributed by atoms with Crippen molar-refractivity contribution in [3.8, 4) is 5.75 Å². The minimum atomic E-state index is 0.203. The van der Waals surface area contributed by atoms with Gasteiger partial charge in [-0.25, -0.2) is 0 Å². The van der Waals surface area contributed by atoms with Crippen molar-refractivity contribution in [2.75, 3.05) is 6.61 Å². The quantitative estimate of drug-likeness (QED) is 0.747. The Hall–Kier alpha value is -1.02. The molecule has 0 aliphatic rings. The summed E-state index contributed by atoms with van der Waals surface area (Å²) in [5, 5.41) is 3.60. The van der Waals surface area contributed by atoms with Gasteiger partial charge in [-0.05, 0) is 44.4 Å². The predicted octanol–water partition coefficient (Wildman–Crippen LogP) is 4.14. The second kappa shape index (κ2) is 7.42. The van der Waals surface area contributed by atoms with Gasteiger partial charge in [-0.3, -0.25) is 0 Å². The lowest BCUT2D eigenvalue weighted by molar-refractivity contribution is 0.316. The smallest absolute Gasteiger partial charge is 0.119 e. The first-order chi connectivity index (χ1) is 8.57. The fourth-order valence-corrected chi connectivity index (χ4v) is 2.02. The van der Waals surface area contributed by atoms with Gasteiger partial charge < -0.3 is 10.1 Å². The van der Waals surface area contributed by atoms with E-state index in [0.29, 0.717) is 0 Å². The van der Waals surface area contributed by atoms with Crippen LogP contribution in [0.15, 0.2) is 24.3 Å². The Morgan fingerprint density at radius 1 is 1.17 bits per heavy atom. The van der Waals surface area contributed by atoms with Gasteiger partial charge >= 0.3 is 0 Å². The highest BCUT2D eigenvalue weighted by Crippen LogP contribution is 2.16. The zero-order chi connectivity index (χ0) is 13.4. The Balaban J connectivity index is 2.51. The molecular formula is C16H27NO. The molecular weight excluding hydrogens is 222 g/mol. The second-order valence-electron chi connectivity index (χ2n) is 5.48. The van der Waals surface area contributed by atoms with Gasteiger partial charge in [-0.2, -0.15) is 0 Å². The Kier molecular flexibility index (Phi) is 6.20. The van der Waals surface area contributed by atoms with E-state index in [1.165, 1.54) is 18.4 Å². The molecule has 0 unspecified atom stereocenters. The third-order valence-corrected chi connectivity index (χ3v) is 3.02. The monoisotopic (exact) mass is 249 g/mol. The average Bonchev–Trinajstić information content (AvgIpc) is 2.35. The van der Waals surface area contributed by atoms with Crippen LogP contribution in [0, 0.1) is 0 Å². The predicted molar refractivity (Wildman–Crippen MR) is 78.1 cm³/mol. The summed E-state index contributed by atoms with van der Waals surface area (Å²) in [7, 11) is 0. The lowest BCUT2D eigenvalue weighted by Gasteiger charge is -2.26. The highest BCUT2D eigenvalue weighted by atomic mass is 16.5. The van der Waals surface area contributed by atoms with Gasteiger partial charge in [0.05, 0.1) is 6.61 Å². The number of rotatable bonds is 8. The first-order valence-corrected chi connectivity index (χ1v) is 7.04. The fourth-order valence-electron chi connectivity index (χ4n) is 2.02. The molecule has 0 atom stereocenters. The van der Waals surface area contributed by atoms with Crippen molar-refractivity contribution in [1.29, 1.82) is 0 Å². The summed E-state index contributed by atoms with van der Waals surface area (Å²) in [6, 6.07) is 8.36. The van der Waals surface area contributed by atoms with E-state index in [1.807, 2.05) is 6.07 Å². The number of benzene rings is 1. The van der Waals surface area contributed by atoms with Crippen molar-refractivity contribution in [3.05, 3.63) is 29.8 Å². The molecule has 0 bridgehead atoms. The van der Waals surface area contributed by atoms with Crippen LogP contribution >= 0.6 is 0 Å². The van der Waals surface area contributed by atoms with Crippen LogP contribution in [0.4, 0.5) is 0 Å². The van der Waals surface area contributed by atoms with E-state index >= 15 is 0 Å². The van der Waals surface area contributed by atoms with Gasteiger partial charge in [0.15, 0.2) is 0 Å². The third kappa shape index (κ3) is 5.54. The molecule has 0 aromatic heterocycles. The molecule has 2 nitrogen and oxygen atoms in total. The summed E-state index contributed by atoms with van der Waals surface area (Å²) in [5.74, 6) is 0.976. The molecule has 0 spiro atoms. The van der Waals surface area contributed by atoms with Crippen molar-refractivity contribution < 1.29 is 4.74 Å². The third-order valence-electron chi connectivity index (χ3n) is 3.02. The minimum absolute atomic E-state index is 0.203. The first-order valence-electron chi connectivity index (χ1n) is 7.04. The molecule has 1 rings (SSSR count). The van der Waals surface area contributed by atoms with E-state index in [4.69, 9.17) is 4.74 Å². The van der Waals surface area contributed by atoms with Gasteiger partial charge in [-0.1, -0.05) is 32.4 Å². The van der Waals surface area contributed by atoms with Gasteiger partial charge in [0.25, 0.3) is 0 Å². The van der Waals surface area contributed by atoms with Crippen LogP contribution in [0.2, 0.25) is 0 Å². The van der Waals surface area contributed by atoms with Gasteiger partial charge in [0, 0.05) is 12.1 Å². The topological polar surface area (TPSA) is 21.3 Å². The Morgan fingerprint density at radius 2 is 1.94 bits per heavy atom. The molecule has 1 aromatic carbocycles. The van der Waals surface area contributed by atoms with E-state index in [1.54, 1.807) is 0 Å². The Morgan fingerprint density at radius 3 is 2.61 bits per heavy atom. The lowest BCUT2D eigenvalue weighted by atomic mass is 9.98. The molecule has 0 aliphatic carbocycles. The van der Waals surface area contributed by atoms with Crippen molar-refractivity contribution in [1.82, 2.24) is 5.32 Å². The molecule has 18 heavy (non-hydrogen) atoms. The summed E-state index contributed by atoms with van der Waals surface area (Å²) in [4.78, 5) is 0. The molecule has 1 N–H and O–H groups in total. The highest BCUT2D eigenvalue weighted by molar-refractivity contribution is 5.28. The largest absolute Gasteiger partial charge is 0.494 e. The van der Waals surface area contributed by atoms with E-state index in [0.717, 1.165) is 25.3 Å². The van der Waals surface area contributed by atoms with Crippen LogP contribution in [0.25, 0.3) is 0 Å². The molecule has 0 fully saturated rings. The van der Waals surface area contributed by atoms with Crippen LogP contribution in [-0.2, 0) is 6.54 Å². The van der Waals surface area contributed by atoms with Crippen molar-refractivity contribution in [2.24, 2.45) is 0 Å². The van der Waals surface area contributed by atoms with Crippen LogP contribution in [0.1, 0.15) is 52.5 Å². The van der Waals surface area contributed by atoms with Gasteiger partial charge in [-0.15, -0.1) is 0 Å². The Bertz CT molecular complexity index is 347. The number of nitrogens with one attached hydrogen (secondary N) is 1. The molecule has 1 aromatic rings. The Labute approximate surface area is 112 Å². The van der Waals surface area contributed by atoms with Crippen LogP contribution in [0.3, 0.4) is 0 Å². The van der Waals surface area contributed by atoms with Crippen LogP contribution in [0.5, 0.6) is 5.75 Å².